The number of phenols is 1. The minimum Gasteiger partial charge on any atom is -0.508 e. The van der Waals surface area contributed by atoms with Crippen molar-refractivity contribution < 1.29 is 29.4 Å². The summed E-state index contributed by atoms with van der Waals surface area (Å²) in [4.78, 5) is 30.7. The lowest BCUT2D eigenvalue weighted by Gasteiger charge is -2.46. The maximum absolute atomic E-state index is 12.9. The van der Waals surface area contributed by atoms with Crippen molar-refractivity contribution in [2.24, 2.45) is 17.0 Å². The minimum absolute atomic E-state index is 0.0529. The molecule has 1 fully saturated rings. The molecule has 30 heavy (non-hydrogen) atoms. The molecule has 4 atom stereocenters. The molecule has 2 aromatic carbocycles. The number of carbonyl (C=O) groups excluding carboxylic acids is 1. The van der Waals surface area contributed by atoms with Crippen LogP contribution in [0.1, 0.15) is 42.7 Å². The average Bonchev–Trinajstić information content (AvgIpc) is 2.75. The number of rotatable bonds is 6. The molecule has 3 aliphatic carbocycles. The van der Waals surface area contributed by atoms with Crippen LogP contribution in [0.15, 0.2) is 53.7 Å². The Morgan fingerprint density at radius 1 is 1.10 bits per heavy atom. The molecule has 0 amide bonds. The Balaban J connectivity index is 1.78. The molecular weight excluding hydrogens is 386 g/mol. The van der Waals surface area contributed by atoms with Gasteiger partial charge in [-0.25, -0.2) is 0 Å². The molecule has 0 radical (unpaired) electrons. The molecule has 2 N–H and O–H groups in total. The molecule has 2 bridgehead atoms. The van der Waals surface area contributed by atoms with Crippen molar-refractivity contribution in [1.29, 1.82) is 0 Å². The van der Waals surface area contributed by atoms with Gasteiger partial charge in [0.15, 0.2) is 5.75 Å². The number of ether oxygens (including phenoxy) is 1. The van der Waals surface area contributed by atoms with Gasteiger partial charge in [-0.2, -0.15) is 0 Å². The number of oxime groups is 1. The first-order valence-corrected chi connectivity index (χ1v) is 10.0. The van der Waals surface area contributed by atoms with Crippen molar-refractivity contribution >= 4 is 17.7 Å². The van der Waals surface area contributed by atoms with Crippen LogP contribution < -0.4 is 4.84 Å². The molecule has 2 aromatic rings. The molecule has 0 saturated heterocycles. The highest BCUT2D eigenvalue weighted by Crippen LogP contribution is 2.55. The first-order valence-electron chi connectivity index (χ1n) is 10.0. The van der Waals surface area contributed by atoms with Crippen LogP contribution in [-0.4, -0.2) is 34.5 Å². The van der Waals surface area contributed by atoms with Gasteiger partial charge < -0.3 is 19.8 Å². The Kier molecular flexibility index (Phi) is 5.44. The van der Waals surface area contributed by atoms with E-state index in [1.807, 2.05) is 25.1 Å². The normalized spacial score (nSPS) is 25.6. The van der Waals surface area contributed by atoms with Gasteiger partial charge in [-0.1, -0.05) is 36.3 Å². The third kappa shape index (κ3) is 3.51. The lowest BCUT2D eigenvalue weighted by atomic mass is 9.55. The molecule has 4 unspecified atom stereocenters. The number of esters is 1. The van der Waals surface area contributed by atoms with E-state index in [1.54, 1.807) is 30.3 Å². The summed E-state index contributed by atoms with van der Waals surface area (Å²) in [5.74, 6) is -3.94. The molecule has 5 rings (SSSR count). The minimum atomic E-state index is -1.04. The summed E-state index contributed by atoms with van der Waals surface area (Å²) in [6.07, 6.45) is 1.00. The number of hydrogen-bond acceptors (Lipinski definition) is 6. The second-order valence-electron chi connectivity index (χ2n) is 7.65. The summed E-state index contributed by atoms with van der Waals surface area (Å²) in [7, 11) is 0. The monoisotopic (exact) mass is 409 g/mol. The number of carboxylic acid groups (broad SMARTS) is 1. The second-order valence-corrected chi connectivity index (χ2v) is 7.65. The molecule has 3 aliphatic rings. The van der Waals surface area contributed by atoms with Gasteiger partial charge in [0.05, 0.1) is 24.2 Å². The van der Waals surface area contributed by atoms with Crippen molar-refractivity contribution in [3.8, 4) is 11.5 Å². The Morgan fingerprint density at radius 2 is 1.87 bits per heavy atom. The molecule has 0 aromatic heterocycles. The van der Waals surface area contributed by atoms with Gasteiger partial charge in [0.25, 0.3) is 0 Å². The van der Waals surface area contributed by atoms with Crippen LogP contribution >= 0.6 is 0 Å². The van der Waals surface area contributed by atoms with E-state index in [2.05, 4.69) is 5.16 Å². The first-order chi connectivity index (χ1) is 14.5. The fraction of sp³-hybridized carbons (Fsp3) is 0.348. The van der Waals surface area contributed by atoms with Gasteiger partial charge in [-0.05, 0) is 48.2 Å². The van der Waals surface area contributed by atoms with E-state index in [9.17, 15) is 19.8 Å². The maximum atomic E-state index is 12.9. The number of aromatic hydroxyl groups is 1. The molecule has 0 aliphatic heterocycles. The van der Waals surface area contributed by atoms with Crippen LogP contribution in [0.2, 0.25) is 0 Å². The molecule has 7 heteroatoms. The molecular formula is C23H23NO6. The van der Waals surface area contributed by atoms with E-state index < -0.39 is 35.6 Å². The van der Waals surface area contributed by atoms with Gasteiger partial charge in [-0.3, -0.25) is 9.59 Å². The number of fused-ring (bicyclic) bond motifs is 2. The fourth-order valence-corrected chi connectivity index (χ4v) is 4.58. The number of aliphatic carboxylic acids is 1. The SMILES string of the molecule is CCCOC(=O)C1C2C(=NOc3ccccc3)CC(c3ccc(O)cc32)C1C(=O)O. The Hall–Kier alpha value is -3.35. The highest BCUT2D eigenvalue weighted by molar-refractivity contribution is 6.01. The van der Waals surface area contributed by atoms with Crippen LogP contribution in [0.5, 0.6) is 11.5 Å². The lowest BCUT2D eigenvalue weighted by Crippen LogP contribution is -2.50. The average molecular weight is 409 g/mol. The van der Waals surface area contributed by atoms with E-state index in [0.29, 0.717) is 29.9 Å². The first kappa shape index (κ1) is 19.9. The second kappa shape index (κ2) is 8.18. The van der Waals surface area contributed by atoms with E-state index in [4.69, 9.17) is 9.57 Å². The Labute approximate surface area is 173 Å². The lowest BCUT2D eigenvalue weighted by molar-refractivity contribution is -0.160. The van der Waals surface area contributed by atoms with Crippen LogP contribution in [0.25, 0.3) is 0 Å². The summed E-state index contributed by atoms with van der Waals surface area (Å²) < 4.78 is 5.36. The van der Waals surface area contributed by atoms with Gasteiger partial charge in [0.2, 0.25) is 0 Å². The fourth-order valence-electron chi connectivity index (χ4n) is 4.58. The zero-order valence-corrected chi connectivity index (χ0v) is 16.5. The number of carboxylic acids is 1. The number of nitrogens with zero attached hydrogens (tertiary/aromatic N) is 1. The third-order valence-electron chi connectivity index (χ3n) is 5.79. The summed E-state index contributed by atoms with van der Waals surface area (Å²) in [5, 5.41) is 24.3. The highest BCUT2D eigenvalue weighted by atomic mass is 16.6. The molecule has 156 valence electrons. The molecule has 1 saturated carbocycles. The van der Waals surface area contributed by atoms with Gasteiger partial charge >= 0.3 is 11.9 Å². The topological polar surface area (TPSA) is 105 Å². The molecule has 7 nitrogen and oxygen atoms in total. The van der Waals surface area contributed by atoms with Crippen LogP contribution in [-0.2, 0) is 14.3 Å². The summed E-state index contributed by atoms with van der Waals surface area (Å²) in [6, 6.07) is 13.9. The predicted molar refractivity (Wildman–Crippen MR) is 109 cm³/mol. The largest absolute Gasteiger partial charge is 0.508 e. The van der Waals surface area contributed by atoms with E-state index in [0.717, 1.165) is 5.56 Å². The van der Waals surface area contributed by atoms with Crippen LogP contribution in [0.4, 0.5) is 0 Å². The van der Waals surface area contributed by atoms with E-state index in [1.165, 1.54) is 0 Å². The quantitative estimate of drug-likeness (QED) is 0.557. The highest BCUT2D eigenvalue weighted by Gasteiger charge is 2.56. The zero-order chi connectivity index (χ0) is 21.3. The third-order valence-corrected chi connectivity index (χ3v) is 5.79. The zero-order valence-electron chi connectivity index (χ0n) is 16.5. The molecule has 0 spiro atoms. The summed E-state index contributed by atoms with van der Waals surface area (Å²) in [5.41, 5.74) is 2.11. The van der Waals surface area contributed by atoms with E-state index in [-0.39, 0.29) is 12.4 Å². The maximum Gasteiger partial charge on any atom is 0.310 e. The Bertz CT molecular complexity index is 986. The predicted octanol–water partition coefficient (Wildman–Crippen LogP) is 3.68. The summed E-state index contributed by atoms with van der Waals surface area (Å²) in [6.45, 7) is 2.10. The number of hydrogen-bond donors (Lipinski definition) is 2. The summed E-state index contributed by atoms with van der Waals surface area (Å²) >= 11 is 0. The van der Waals surface area contributed by atoms with Crippen molar-refractivity contribution in [2.75, 3.05) is 6.61 Å². The van der Waals surface area contributed by atoms with Gasteiger partial charge in [0.1, 0.15) is 5.75 Å². The smallest absolute Gasteiger partial charge is 0.310 e. The van der Waals surface area contributed by atoms with Gasteiger partial charge in [0, 0.05) is 11.8 Å². The van der Waals surface area contributed by atoms with Crippen LogP contribution in [0.3, 0.4) is 0 Å². The van der Waals surface area contributed by atoms with E-state index >= 15 is 0 Å². The van der Waals surface area contributed by atoms with Crippen molar-refractivity contribution in [3.05, 3.63) is 59.7 Å². The molecule has 0 heterocycles. The van der Waals surface area contributed by atoms with Crippen LogP contribution in [0, 0.1) is 11.8 Å². The number of carbonyl (C=O) groups is 2. The number of para-hydroxylation sites is 1. The number of benzene rings is 2. The number of phenolic OH excluding ortho intramolecular Hbond substituents is 1. The standard InChI is InChI=1S/C23H23NO6/c1-2-10-29-23(28)21-19-16-11-13(25)8-9-15(16)17(20(21)22(26)27)12-18(19)24-30-14-6-4-3-5-7-14/h3-9,11,17,19-21,25H,2,10,12H2,1H3,(H,26,27). The Morgan fingerprint density at radius 3 is 2.57 bits per heavy atom. The van der Waals surface area contributed by atoms with Crippen molar-refractivity contribution in [1.82, 2.24) is 0 Å². The van der Waals surface area contributed by atoms with Gasteiger partial charge in [-0.15, -0.1) is 0 Å². The van der Waals surface area contributed by atoms with Crippen molar-refractivity contribution in [2.45, 2.75) is 31.6 Å². The van der Waals surface area contributed by atoms with Crippen molar-refractivity contribution in [3.63, 3.8) is 0 Å².